The second-order valence-electron chi connectivity index (χ2n) is 7.29. The van der Waals surface area contributed by atoms with Crippen LogP contribution in [-0.2, 0) is 13.2 Å². The van der Waals surface area contributed by atoms with Crippen molar-refractivity contribution in [3.05, 3.63) is 106 Å². The smallest absolute Gasteiger partial charge is 0.192 e. The Labute approximate surface area is 196 Å². The normalized spacial score (nSPS) is 10.8. The number of hydrogen-bond acceptors (Lipinski definition) is 5. The van der Waals surface area contributed by atoms with Gasteiger partial charge in [0.15, 0.2) is 16.8 Å². The number of aryl methyl sites for hydroxylation is 1. The molecule has 0 unspecified atom stereocenters. The average molecular weight is 464 g/mol. The third-order valence-electron chi connectivity index (χ3n) is 4.86. The molecule has 7 heteroatoms. The average Bonchev–Trinajstić information content (AvgIpc) is 3.19. The van der Waals surface area contributed by atoms with E-state index in [2.05, 4.69) is 22.3 Å². The van der Waals surface area contributed by atoms with Gasteiger partial charge in [0.05, 0.1) is 12.3 Å². The fourth-order valence-corrected chi connectivity index (χ4v) is 4.07. The van der Waals surface area contributed by atoms with Gasteiger partial charge in [-0.25, -0.2) is 0 Å². The van der Waals surface area contributed by atoms with Crippen LogP contribution in [-0.4, -0.2) is 26.3 Å². The molecule has 4 rings (SSSR count). The van der Waals surface area contributed by atoms with Crippen molar-refractivity contribution in [2.75, 3.05) is 5.75 Å². The molecule has 0 saturated carbocycles. The second-order valence-corrected chi connectivity index (χ2v) is 8.67. The quantitative estimate of drug-likeness (QED) is 0.230. The van der Waals surface area contributed by atoms with E-state index in [-0.39, 0.29) is 18.1 Å². The van der Waals surface area contributed by atoms with Gasteiger partial charge in [-0.2, -0.15) is 0 Å². The van der Waals surface area contributed by atoms with Gasteiger partial charge in [0.2, 0.25) is 0 Å². The molecule has 0 aliphatic rings. The Balaban J connectivity index is 1.50. The third kappa shape index (κ3) is 5.78. The number of carbonyl (C=O) groups is 1. The number of rotatable bonds is 9. The number of aromatic nitrogens is 3. The van der Waals surface area contributed by atoms with Crippen LogP contribution in [0.5, 0.6) is 5.75 Å². The van der Waals surface area contributed by atoms with Gasteiger partial charge in [0, 0.05) is 10.6 Å². The molecule has 32 heavy (non-hydrogen) atoms. The molecule has 1 aromatic heterocycles. The minimum absolute atomic E-state index is 0.0124. The first-order chi connectivity index (χ1) is 15.6. The SMILES string of the molecule is Cc1ccc(OCc2nnc(SCC(=O)c3ccc(Cl)cc3)n2Cc2ccccc2)cc1. The highest BCUT2D eigenvalue weighted by Gasteiger charge is 2.16. The van der Waals surface area contributed by atoms with E-state index in [4.69, 9.17) is 16.3 Å². The molecule has 0 aliphatic carbocycles. The lowest BCUT2D eigenvalue weighted by atomic mass is 10.1. The highest BCUT2D eigenvalue weighted by Crippen LogP contribution is 2.22. The van der Waals surface area contributed by atoms with Crippen LogP contribution in [0.4, 0.5) is 0 Å². The van der Waals surface area contributed by atoms with Crippen molar-refractivity contribution < 1.29 is 9.53 Å². The topological polar surface area (TPSA) is 57.0 Å². The molecule has 5 nitrogen and oxygen atoms in total. The summed E-state index contributed by atoms with van der Waals surface area (Å²) in [5.74, 6) is 1.75. The maximum absolute atomic E-state index is 12.6. The number of hydrogen-bond donors (Lipinski definition) is 0. The first-order valence-corrected chi connectivity index (χ1v) is 11.5. The van der Waals surface area contributed by atoms with Crippen molar-refractivity contribution in [3.8, 4) is 5.75 Å². The fraction of sp³-hybridized carbons (Fsp3) is 0.160. The zero-order valence-corrected chi connectivity index (χ0v) is 19.1. The van der Waals surface area contributed by atoms with Crippen LogP contribution >= 0.6 is 23.4 Å². The maximum Gasteiger partial charge on any atom is 0.192 e. The van der Waals surface area contributed by atoms with Crippen molar-refractivity contribution in [2.24, 2.45) is 0 Å². The molecule has 0 aliphatic heterocycles. The molecule has 0 spiro atoms. The second kappa shape index (κ2) is 10.5. The van der Waals surface area contributed by atoms with Crippen LogP contribution in [0, 0.1) is 6.92 Å². The number of benzene rings is 3. The Hall–Kier alpha value is -3.09. The van der Waals surface area contributed by atoms with Crippen molar-refractivity contribution in [1.82, 2.24) is 14.8 Å². The number of halogens is 1. The van der Waals surface area contributed by atoms with Crippen LogP contribution in [0.2, 0.25) is 5.02 Å². The summed E-state index contributed by atoms with van der Waals surface area (Å²) in [4.78, 5) is 12.6. The summed E-state index contributed by atoms with van der Waals surface area (Å²) in [6.07, 6.45) is 0. The van der Waals surface area contributed by atoms with E-state index in [1.807, 2.05) is 54.0 Å². The van der Waals surface area contributed by atoms with Crippen molar-refractivity contribution in [2.45, 2.75) is 25.2 Å². The number of nitrogens with zero attached hydrogens (tertiary/aromatic N) is 3. The molecule has 4 aromatic rings. The van der Waals surface area contributed by atoms with Gasteiger partial charge in [-0.05, 0) is 48.9 Å². The number of thioether (sulfide) groups is 1. The van der Waals surface area contributed by atoms with Crippen LogP contribution < -0.4 is 4.74 Å². The fourth-order valence-electron chi connectivity index (χ4n) is 3.09. The summed E-state index contributed by atoms with van der Waals surface area (Å²) in [6, 6.07) is 24.9. The van der Waals surface area contributed by atoms with E-state index in [0.29, 0.717) is 28.1 Å². The Morgan fingerprint density at radius 1 is 0.969 bits per heavy atom. The Bertz CT molecular complexity index is 1180. The van der Waals surface area contributed by atoms with Gasteiger partial charge in [0.1, 0.15) is 12.4 Å². The van der Waals surface area contributed by atoms with Crippen LogP contribution in [0.15, 0.2) is 84.0 Å². The summed E-state index contributed by atoms with van der Waals surface area (Å²) in [7, 11) is 0. The standard InChI is InChI=1S/C25H22ClN3O2S/c1-18-7-13-22(14-8-18)31-16-24-27-28-25(29(24)15-19-5-3-2-4-6-19)32-17-23(30)20-9-11-21(26)12-10-20/h2-14H,15-17H2,1H3. The lowest BCUT2D eigenvalue weighted by molar-refractivity contribution is 0.102. The van der Waals surface area contributed by atoms with Crippen LogP contribution in [0.1, 0.15) is 27.3 Å². The summed E-state index contributed by atoms with van der Waals surface area (Å²) in [5.41, 5.74) is 2.92. The number of ether oxygens (including phenoxy) is 1. The Kier molecular flexibility index (Phi) is 7.24. The minimum Gasteiger partial charge on any atom is -0.486 e. The van der Waals surface area contributed by atoms with E-state index >= 15 is 0 Å². The predicted octanol–water partition coefficient (Wildman–Crippen LogP) is 5.84. The summed E-state index contributed by atoms with van der Waals surface area (Å²) < 4.78 is 7.94. The van der Waals surface area contributed by atoms with Gasteiger partial charge in [0.25, 0.3) is 0 Å². The molecular weight excluding hydrogens is 442 g/mol. The summed E-state index contributed by atoms with van der Waals surface area (Å²) in [5, 5.41) is 9.97. The molecule has 0 saturated heterocycles. The molecule has 162 valence electrons. The molecule has 3 aromatic carbocycles. The van der Waals surface area contributed by atoms with E-state index < -0.39 is 0 Å². The van der Waals surface area contributed by atoms with E-state index in [9.17, 15) is 4.79 Å². The molecule has 0 N–H and O–H groups in total. The summed E-state index contributed by atoms with van der Waals surface area (Å²) >= 11 is 7.29. The summed E-state index contributed by atoms with van der Waals surface area (Å²) in [6.45, 7) is 2.92. The Morgan fingerprint density at radius 3 is 2.41 bits per heavy atom. The van der Waals surface area contributed by atoms with Crippen molar-refractivity contribution in [1.29, 1.82) is 0 Å². The zero-order valence-electron chi connectivity index (χ0n) is 17.6. The van der Waals surface area contributed by atoms with Gasteiger partial charge in [-0.3, -0.25) is 9.36 Å². The molecule has 0 bridgehead atoms. The van der Waals surface area contributed by atoms with Gasteiger partial charge in [-0.1, -0.05) is 71.4 Å². The lowest BCUT2D eigenvalue weighted by Crippen LogP contribution is -2.10. The Morgan fingerprint density at radius 2 is 1.69 bits per heavy atom. The number of ketones is 1. The minimum atomic E-state index is 0.0124. The maximum atomic E-state index is 12.6. The van der Waals surface area contributed by atoms with Crippen LogP contribution in [0.25, 0.3) is 0 Å². The first kappa shape index (κ1) is 22.1. The van der Waals surface area contributed by atoms with E-state index in [1.165, 1.54) is 17.3 Å². The van der Waals surface area contributed by atoms with Crippen molar-refractivity contribution in [3.63, 3.8) is 0 Å². The first-order valence-electron chi connectivity index (χ1n) is 10.2. The zero-order chi connectivity index (χ0) is 22.3. The third-order valence-corrected chi connectivity index (χ3v) is 6.08. The molecule has 0 radical (unpaired) electrons. The number of carbonyl (C=O) groups excluding carboxylic acids is 1. The molecule has 0 amide bonds. The van der Waals surface area contributed by atoms with E-state index in [0.717, 1.165) is 11.3 Å². The van der Waals surface area contributed by atoms with Crippen molar-refractivity contribution >= 4 is 29.1 Å². The largest absolute Gasteiger partial charge is 0.486 e. The highest BCUT2D eigenvalue weighted by molar-refractivity contribution is 7.99. The monoisotopic (exact) mass is 463 g/mol. The van der Waals surface area contributed by atoms with Crippen LogP contribution in [0.3, 0.4) is 0 Å². The van der Waals surface area contributed by atoms with Gasteiger partial charge < -0.3 is 4.74 Å². The number of Topliss-reactive ketones (excluding diaryl/α,β-unsaturated/α-hetero) is 1. The van der Waals surface area contributed by atoms with Gasteiger partial charge >= 0.3 is 0 Å². The molecule has 0 fully saturated rings. The molecule has 1 heterocycles. The molecule has 0 atom stereocenters. The predicted molar refractivity (Wildman–Crippen MR) is 128 cm³/mol. The lowest BCUT2D eigenvalue weighted by Gasteiger charge is -2.11. The van der Waals surface area contributed by atoms with Gasteiger partial charge in [-0.15, -0.1) is 10.2 Å². The highest BCUT2D eigenvalue weighted by atomic mass is 35.5. The van der Waals surface area contributed by atoms with E-state index in [1.54, 1.807) is 24.3 Å². The molecular formula is C25H22ClN3O2S.